The first kappa shape index (κ1) is 20.9. The van der Waals surface area contributed by atoms with Gasteiger partial charge in [-0.1, -0.05) is 36.4 Å². The van der Waals surface area contributed by atoms with Crippen LogP contribution in [0.5, 0.6) is 0 Å². The molecule has 1 aliphatic rings. The quantitative estimate of drug-likeness (QED) is 0.596. The summed E-state index contributed by atoms with van der Waals surface area (Å²) in [6, 6.07) is 18.8. The third-order valence-electron chi connectivity index (χ3n) is 5.94. The molecular weight excluding hydrogens is 386 g/mol. The molecule has 1 aliphatic heterocycles. The molecule has 0 saturated carbocycles. The molecule has 0 bridgehead atoms. The maximum atomic E-state index is 13.3. The third-order valence-corrected chi connectivity index (χ3v) is 5.94. The van der Waals surface area contributed by atoms with Crippen molar-refractivity contribution < 1.29 is 9.59 Å². The summed E-state index contributed by atoms with van der Waals surface area (Å²) in [7, 11) is 0. The van der Waals surface area contributed by atoms with Crippen LogP contribution in [0.25, 0.3) is 0 Å². The van der Waals surface area contributed by atoms with Gasteiger partial charge in [-0.2, -0.15) is 0 Å². The number of carbonyl (C=O) groups is 2. The van der Waals surface area contributed by atoms with E-state index in [2.05, 4.69) is 9.88 Å². The first-order valence-corrected chi connectivity index (χ1v) is 10.7. The lowest BCUT2D eigenvalue weighted by molar-refractivity contribution is 0.0624. The first-order valence-electron chi connectivity index (χ1n) is 10.7. The molecule has 1 fully saturated rings. The van der Waals surface area contributed by atoms with E-state index in [-0.39, 0.29) is 11.7 Å². The molecule has 2 aromatic carbocycles. The highest BCUT2D eigenvalue weighted by molar-refractivity contribution is 6.15. The molecule has 0 spiro atoms. The largest absolute Gasteiger partial charge is 0.336 e. The van der Waals surface area contributed by atoms with E-state index in [0.717, 1.165) is 36.5 Å². The highest BCUT2D eigenvalue weighted by Gasteiger charge is 2.26. The molecule has 158 valence electrons. The minimum Gasteiger partial charge on any atom is -0.336 e. The van der Waals surface area contributed by atoms with Crippen molar-refractivity contribution in [1.82, 2.24) is 14.8 Å². The fraction of sp³-hybridized carbons (Fsp3) is 0.269. The van der Waals surface area contributed by atoms with Crippen molar-refractivity contribution in [3.05, 3.63) is 100 Å². The van der Waals surface area contributed by atoms with Gasteiger partial charge < -0.3 is 4.90 Å². The highest BCUT2D eigenvalue weighted by atomic mass is 16.2. The van der Waals surface area contributed by atoms with Crippen LogP contribution in [0.3, 0.4) is 0 Å². The Morgan fingerprint density at radius 3 is 2.23 bits per heavy atom. The standard InChI is InChI=1S/C26H27N3O2/c1-19-10-11-21(17-20(19)2)25(30)23-8-3-4-9-24(23)26(31)29-15-13-28(14-16-29)18-22-7-5-6-12-27-22/h3-12,17H,13-16,18H2,1-2H3. The van der Waals surface area contributed by atoms with E-state index in [4.69, 9.17) is 0 Å². The monoisotopic (exact) mass is 413 g/mol. The molecule has 0 N–H and O–H groups in total. The van der Waals surface area contributed by atoms with Gasteiger partial charge in [-0.25, -0.2) is 0 Å². The van der Waals surface area contributed by atoms with Crippen LogP contribution in [0, 0.1) is 13.8 Å². The summed E-state index contributed by atoms with van der Waals surface area (Å²) in [6.07, 6.45) is 1.80. The van der Waals surface area contributed by atoms with E-state index in [1.165, 1.54) is 0 Å². The summed E-state index contributed by atoms with van der Waals surface area (Å²) in [5.41, 5.74) is 4.80. The normalized spacial score (nSPS) is 14.5. The number of aryl methyl sites for hydroxylation is 2. The average molecular weight is 414 g/mol. The summed E-state index contributed by atoms with van der Waals surface area (Å²) in [4.78, 5) is 35.0. The lowest BCUT2D eigenvalue weighted by Gasteiger charge is -2.34. The van der Waals surface area contributed by atoms with Gasteiger partial charge in [0, 0.05) is 50.0 Å². The molecule has 0 atom stereocenters. The fourth-order valence-electron chi connectivity index (χ4n) is 3.91. The number of pyridine rings is 1. The topological polar surface area (TPSA) is 53.5 Å². The van der Waals surface area contributed by atoms with E-state index in [1.54, 1.807) is 18.3 Å². The van der Waals surface area contributed by atoms with Crippen LogP contribution >= 0.6 is 0 Å². The molecule has 3 aromatic rings. The first-order chi connectivity index (χ1) is 15.0. The molecule has 0 aliphatic carbocycles. The van der Waals surface area contributed by atoms with Crippen LogP contribution in [-0.4, -0.2) is 52.7 Å². The fourth-order valence-corrected chi connectivity index (χ4v) is 3.91. The summed E-state index contributed by atoms with van der Waals surface area (Å²) < 4.78 is 0. The maximum Gasteiger partial charge on any atom is 0.254 e. The van der Waals surface area contributed by atoms with E-state index < -0.39 is 0 Å². The van der Waals surface area contributed by atoms with Crippen molar-refractivity contribution >= 4 is 11.7 Å². The lowest BCUT2D eigenvalue weighted by atomic mass is 9.95. The van der Waals surface area contributed by atoms with E-state index >= 15 is 0 Å². The number of rotatable bonds is 5. The smallest absolute Gasteiger partial charge is 0.254 e. The molecule has 5 heteroatoms. The molecule has 0 radical (unpaired) electrons. The second-order valence-electron chi connectivity index (χ2n) is 8.06. The number of carbonyl (C=O) groups excluding carboxylic acids is 2. The summed E-state index contributed by atoms with van der Waals surface area (Å²) >= 11 is 0. The number of ketones is 1. The number of hydrogen-bond acceptors (Lipinski definition) is 4. The van der Waals surface area contributed by atoms with Gasteiger partial charge in [-0.15, -0.1) is 0 Å². The molecule has 31 heavy (non-hydrogen) atoms. The second kappa shape index (κ2) is 9.23. The van der Waals surface area contributed by atoms with Crippen molar-refractivity contribution in [2.24, 2.45) is 0 Å². The Hall–Kier alpha value is -3.31. The zero-order valence-corrected chi connectivity index (χ0v) is 18.0. The summed E-state index contributed by atoms with van der Waals surface area (Å²) in [6.45, 7) is 7.65. The number of amides is 1. The highest BCUT2D eigenvalue weighted by Crippen LogP contribution is 2.20. The van der Waals surface area contributed by atoms with Crippen molar-refractivity contribution in [2.75, 3.05) is 26.2 Å². The Morgan fingerprint density at radius 1 is 0.839 bits per heavy atom. The summed E-state index contributed by atoms with van der Waals surface area (Å²) in [5.74, 6) is -0.189. The number of aromatic nitrogens is 1. The minimum atomic E-state index is -0.110. The van der Waals surface area contributed by atoms with Crippen LogP contribution in [-0.2, 0) is 6.54 Å². The number of nitrogens with zero attached hydrogens (tertiary/aromatic N) is 3. The Morgan fingerprint density at radius 2 is 1.55 bits per heavy atom. The van der Waals surface area contributed by atoms with Crippen molar-refractivity contribution in [1.29, 1.82) is 0 Å². The molecule has 0 unspecified atom stereocenters. The van der Waals surface area contributed by atoms with Crippen molar-refractivity contribution in [3.8, 4) is 0 Å². The zero-order valence-electron chi connectivity index (χ0n) is 18.0. The predicted octanol–water partition coefficient (Wildman–Crippen LogP) is 3.89. The van der Waals surface area contributed by atoms with Crippen LogP contribution in [0.1, 0.15) is 43.1 Å². The number of hydrogen-bond donors (Lipinski definition) is 0. The minimum absolute atomic E-state index is 0.0785. The molecule has 1 amide bonds. The van der Waals surface area contributed by atoms with E-state index in [1.807, 2.05) is 67.3 Å². The van der Waals surface area contributed by atoms with Crippen LogP contribution in [0.4, 0.5) is 0 Å². The Balaban J connectivity index is 1.47. The molecule has 5 nitrogen and oxygen atoms in total. The van der Waals surface area contributed by atoms with Gasteiger partial charge in [0.15, 0.2) is 5.78 Å². The van der Waals surface area contributed by atoms with Gasteiger partial charge in [-0.05, 0) is 49.2 Å². The Labute approximate surface area is 183 Å². The van der Waals surface area contributed by atoms with Crippen molar-refractivity contribution in [2.45, 2.75) is 20.4 Å². The zero-order chi connectivity index (χ0) is 21.8. The molecule has 1 aromatic heterocycles. The van der Waals surface area contributed by atoms with E-state index in [9.17, 15) is 9.59 Å². The molecule has 2 heterocycles. The Kier molecular flexibility index (Phi) is 6.23. The van der Waals surface area contributed by atoms with Gasteiger partial charge in [-0.3, -0.25) is 19.5 Å². The van der Waals surface area contributed by atoms with Gasteiger partial charge in [0.05, 0.1) is 11.3 Å². The molecule has 1 saturated heterocycles. The summed E-state index contributed by atoms with van der Waals surface area (Å²) in [5, 5.41) is 0. The maximum absolute atomic E-state index is 13.3. The molecular formula is C26H27N3O2. The van der Waals surface area contributed by atoms with Gasteiger partial charge in [0.2, 0.25) is 0 Å². The lowest BCUT2D eigenvalue weighted by Crippen LogP contribution is -2.48. The number of benzene rings is 2. The number of piperazine rings is 1. The van der Waals surface area contributed by atoms with Crippen LogP contribution in [0.2, 0.25) is 0 Å². The predicted molar refractivity (Wildman–Crippen MR) is 121 cm³/mol. The Bertz CT molecular complexity index is 1090. The second-order valence-corrected chi connectivity index (χ2v) is 8.06. The van der Waals surface area contributed by atoms with E-state index in [0.29, 0.717) is 29.8 Å². The third kappa shape index (κ3) is 4.72. The van der Waals surface area contributed by atoms with Crippen molar-refractivity contribution in [3.63, 3.8) is 0 Å². The van der Waals surface area contributed by atoms with Gasteiger partial charge in [0.25, 0.3) is 5.91 Å². The SMILES string of the molecule is Cc1ccc(C(=O)c2ccccc2C(=O)N2CCN(Cc3ccccn3)CC2)cc1C. The van der Waals surface area contributed by atoms with Crippen LogP contribution < -0.4 is 0 Å². The van der Waals surface area contributed by atoms with Crippen LogP contribution in [0.15, 0.2) is 66.9 Å². The van der Waals surface area contributed by atoms with Gasteiger partial charge >= 0.3 is 0 Å². The molecule has 4 rings (SSSR count). The van der Waals surface area contributed by atoms with Gasteiger partial charge in [0.1, 0.15) is 0 Å². The average Bonchev–Trinajstić information content (AvgIpc) is 2.81.